The summed E-state index contributed by atoms with van der Waals surface area (Å²) in [5.74, 6) is 0.0525. The Bertz CT molecular complexity index is 652. The summed E-state index contributed by atoms with van der Waals surface area (Å²) < 4.78 is 5.29. The van der Waals surface area contributed by atoms with E-state index in [0.717, 1.165) is 22.4 Å². The predicted octanol–water partition coefficient (Wildman–Crippen LogP) is 2.40. The van der Waals surface area contributed by atoms with Gasteiger partial charge < -0.3 is 4.74 Å². The first-order chi connectivity index (χ1) is 10.5. The molecule has 1 unspecified atom stereocenters. The smallest absolute Gasteiger partial charge is 0.160 e. The third-order valence-electron chi connectivity index (χ3n) is 3.69. The Labute approximate surface area is 130 Å². The van der Waals surface area contributed by atoms with Crippen molar-refractivity contribution in [3.63, 3.8) is 0 Å². The lowest BCUT2D eigenvalue weighted by atomic mass is 9.99. The summed E-state index contributed by atoms with van der Waals surface area (Å²) in [6.07, 6.45) is 3.14. The highest BCUT2D eigenvalue weighted by Gasteiger charge is 2.23. The number of nitrogens with zero attached hydrogens (tertiary/aromatic N) is 4. The van der Waals surface area contributed by atoms with Crippen molar-refractivity contribution in [1.29, 1.82) is 0 Å². The number of ether oxygens (including phenoxy) is 1. The zero-order chi connectivity index (χ0) is 16.3. The topological polar surface area (TPSA) is 60.2 Å². The van der Waals surface area contributed by atoms with E-state index < -0.39 is 0 Å². The Hall–Kier alpha value is -2.21. The molecule has 0 fully saturated rings. The van der Waals surface area contributed by atoms with Crippen molar-refractivity contribution in [1.82, 2.24) is 14.9 Å². The maximum absolute atomic E-state index is 11.9. The Morgan fingerprint density at radius 2 is 2.14 bits per heavy atom. The van der Waals surface area contributed by atoms with Crippen molar-refractivity contribution in [3.05, 3.63) is 41.5 Å². The lowest BCUT2D eigenvalue weighted by Gasteiger charge is -2.33. The fourth-order valence-corrected chi connectivity index (χ4v) is 2.72. The minimum absolute atomic E-state index is 0.0336. The van der Waals surface area contributed by atoms with E-state index in [2.05, 4.69) is 10.1 Å². The maximum atomic E-state index is 11.9. The minimum Gasteiger partial charge on any atom is -0.382 e. The molecule has 2 rings (SSSR count). The summed E-state index contributed by atoms with van der Waals surface area (Å²) in [5, 5.41) is 6.25. The first-order valence-electron chi connectivity index (χ1n) is 7.21. The highest BCUT2D eigenvalue weighted by molar-refractivity contribution is 5.97. The van der Waals surface area contributed by atoms with Gasteiger partial charge in [0.05, 0.1) is 18.3 Å². The second-order valence-electron chi connectivity index (χ2n) is 5.42. The van der Waals surface area contributed by atoms with Gasteiger partial charge in [-0.1, -0.05) is 12.1 Å². The van der Waals surface area contributed by atoms with Crippen LogP contribution in [0.25, 0.3) is 0 Å². The molecule has 6 nitrogen and oxygen atoms in total. The van der Waals surface area contributed by atoms with Gasteiger partial charge in [0.1, 0.15) is 12.7 Å². The van der Waals surface area contributed by atoms with E-state index in [1.54, 1.807) is 25.2 Å². The van der Waals surface area contributed by atoms with Crippen LogP contribution >= 0.6 is 0 Å². The van der Waals surface area contributed by atoms with Crippen LogP contribution in [0.15, 0.2) is 24.8 Å². The van der Waals surface area contributed by atoms with Gasteiger partial charge in [-0.15, -0.1) is 5.10 Å². The molecule has 0 bridgehead atoms. The minimum atomic E-state index is 0.0336. The van der Waals surface area contributed by atoms with Gasteiger partial charge in [-0.3, -0.25) is 9.80 Å². The molecule has 0 aliphatic heterocycles. The van der Waals surface area contributed by atoms with Crippen LogP contribution in [0.4, 0.5) is 5.69 Å². The van der Waals surface area contributed by atoms with Crippen LogP contribution in [0.2, 0.25) is 0 Å². The van der Waals surface area contributed by atoms with Gasteiger partial charge >= 0.3 is 0 Å². The summed E-state index contributed by atoms with van der Waals surface area (Å²) in [6, 6.07) is 3.87. The lowest BCUT2D eigenvalue weighted by molar-refractivity contribution is 0.101. The summed E-state index contributed by atoms with van der Waals surface area (Å²) in [5.41, 5.74) is 3.69. The summed E-state index contributed by atoms with van der Waals surface area (Å²) >= 11 is 0. The molecule has 1 atom stereocenters. The van der Waals surface area contributed by atoms with Crippen LogP contribution < -0.4 is 5.01 Å². The molecule has 6 heteroatoms. The zero-order valence-electron chi connectivity index (χ0n) is 13.7. The van der Waals surface area contributed by atoms with E-state index in [9.17, 15) is 4.79 Å². The lowest BCUT2D eigenvalue weighted by Crippen LogP contribution is -2.42. The van der Waals surface area contributed by atoms with E-state index in [1.165, 1.54) is 6.33 Å². The fourth-order valence-electron chi connectivity index (χ4n) is 2.72. The van der Waals surface area contributed by atoms with Crippen molar-refractivity contribution in [3.8, 4) is 0 Å². The molecule has 0 N–H and O–H groups in total. The first-order valence-corrected chi connectivity index (χ1v) is 7.21. The van der Waals surface area contributed by atoms with E-state index in [-0.39, 0.29) is 11.8 Å². The number of Topliss-reactive ketones (excluding diaryl/α,β-unsaturated/α-hetero) is 1. The molecule has 0 saturated heterocycles. The summed E-state index contributed by atoms with van der Waals surface area (Å²) in [4.78, 5) is 17.6. The number of carbonyl (C=O) groups excluding carboxylic acids is 1. The molecule has 0 radical (unpaired) electrons. The molecular weight excluding hydrogens is 280 g/mol. The second kappa shape index (κ2) is 6.70. The Morgan fingerprint density at radius 3 is 2.68 bits per heavy atom. The number of hydrogen-bond acceptors (Lipinski definition) is 5. The summed E-state index contributed by atoms with van der Waals surface area (Å²) in [6.45, 7) is 8.14. The van der Waals surface area contributed by atoms with Crippen molar-refractivity contribution in [2.24, 2.45) is 0 Å². The molecule has 0 aliphatic carbocycles. The van der Waals surface area contributed by atoms with Crippen molar-refractivity contribution in [2.45, 2.75) is 33.7 Å². The predicted molar refractivity (Wildman–Crippen MR) is 85.2 cm³/mol. The van der Waals surface area contributed by atoms with Gasteiger partial charge in [0.2, 0.25) is 0 Å². The van der Waals surface area contributed by atoms with Crippen molar-refractivity contribution < 1.29 is 9.53 Å². The van der Waals surface area contributed by atoms with Gasteiger partial charge in [-0.05, 0) is 38.8 Å². The fraction of sp³-hybridized carbons (Fsp3) is 0.438. The monoisotopic (exact) mass is 302 g/mol. The van der Waals surface area contributed by atoms with Crippen LogP contribution in [0, 0.1) is 13.8 Å². The normalized spacial score (nSPS) is 12.2. The van der Waals surface area contributed by atoms with E-state index >= 15 is 0 Å². The molecular formula is C16H22N4O2. The Kier molecular flexibility index (Phi) is 4.92. The van der Waals surface area contributed by atoms with Crippen LogP contribution in [0.3, 0.4) is 0 Å². The van der Waals surface area contributed by atoms with E-state index in [4.69, 9.17) is 4.74 Å². The second-order valence-corrected chi connectivity index (χ2v) is 5.42. The number of aromatic nitrogens is 3. The van der Waals surface area contributed by atoms with Crippen LogP contribution in [0.1, 0.15) is 35.3 Å². The highest BCUT2D eigenvalue weighted by Crippen LogP contribution is 2.29. The van der Waals surface area contributed by atoms with Crippen LogP contribution in [-0.2, 0) is 4.74 Å². The molecule has 1 aromatic carbocycles. The van der Waals surface area contributed by atoms with Crippen LogP contribution in [0.5, 0.6) is 0 Å². The van der Waals surface area contributed by atoms with Gasteiger partial charge in [0.25, 0.3) is 0 Å². The third-order valence-corrected chi connectivity index (χ3v) is 3.69. The number of rotatable bonds is 6. The molecule has 2 aromatic rings. The molecule has 0 aliphatic rings. The molecule has 0 saturated carbocycles. The molecule has 0 spiro atoms. The van der Waals surface area contributed by atoms with Crippen molar-refractivity contribution >= 4 is 11.5 Å². The number of hydrogen-bond donors (Lipinski definition) is 0. The van der Waals surface area contributed by atoms with Crippen LogP contribution in [-0.4, -0.2) is 40.4 Å². The van der Waals surface area contributed by atoms with Gasteiger partial charge in [0, 0.05) is 12.7 Å². The van der Waals surface area contributed by atoms with E-state index in [1.807, 2.05) is 37.9 Å². The average molecular weight is 302 g/mol. The number of methoxy groups -OCH3 is 1. The Morgan fingerprint density at radius 1 is 1.41 bits per heavy atom. The quantitative estimate of drug-likeness (QED) is 0.767. The molecule has 1 aromatic heterocycles. The molecule has 118 valence electrons. The zero-order valence-corrected chi connectivity index (χ0v) is 13.7. The van der Waals surface area contributed by atoms with Gasteiger partial charge in [-0.2, -0.15) is 4.79 Å². The average Bonchev–Trinajstić information content (AvgIpc) is 2.96. The molecule has 22 heavy (non-hydrogen) atoms. The largest absolute Gasteiger partial charge is 0.382 e. The van der Waals surface area contributed by atoms with Crippen molar-refractivity contribution in [2.75, 3.05) is 18.7 Å². The number of ketones is 1. The Balaban J connectivity index is 2.61. The highest BCUT2D eigenvalue weighted by atomic mass is 16.5. The molecule has 0 amide bonds. The SMILES string of the molecule is COCC(C)N(c1c(C)ccc(C(C)=O)c1C)n1cncn1. The number of anilines is 1. The summed E-state index contributed by atoms with van der Waals surface area (Å²) in [7, 11) is 1.67. The third kappa shape index (κ3) is 3.01. The first kappa shape index (κ1) is 16.2. The number of carbonyl (C=O) groups is 1. The van der Waals surface area contributed by atoms with Gasteiger partial charge in [0.15, 0.2) is 5.78 Å². The molecule has 1 heterocycles. The van der Waals surface area contributed by atoms with E-state index in [0.29, 0.717) is 6.61 Å². The number of benzene rings is 1. The number of aryl methyl sites for hydroxylation is 1. The maximum Gasteiger partial charge on any atom is 0.160 e. The standard InChI is InChI=1S/C16H22N4O2/c1-11-6-7-15(14(4)21)13(3)16(11)20(12(2)8-22-5)19-10-17-9-18-19/h6-7,9-10,12H,8H2,1-5H3. The van der Waals surface area contributed by atoms with Gasteiger partial charge in [-0.25, -0.2) is 4.98 Å².